The molecule has 0 saturated carbocycles. The fourth-order valence-electron chi connectivity index (χ4n) is 2.81. The van der Waals surface area contributed by atoms with E-state index in [9.17, 15) is 9.59 Å². The van der Waals surface area contributed by atoms with E-state index in [2.05, 4.69) is 5.32 Å². The van der Waals surface area contributed by atoms with Gasteiger partial charge in [-0.2, -0.15) is 0 Å². The van der Waals surface area contributed by atoms with Crippen molar-refractivity contribution in [2.75, 3.05) is 27.2 Å². The highest BCUT2D eigenvalue weighted by molar-refractivity contribution is 5.99. The first-order valence-corrected chi connectivity index (χ1v) is 8.70. The quantitative estimate of drug-likeness (QED) is 0.490. The molecule has 0 bridgehead atoms. The molecule has 27 heavy (non-hydrogen) atoms. The second kappa shape index (κ2) is 8.51. The summed E-state index contributed by atoms with van der Waals surface area (Å²) in [7, 11) is 3.90. The third kappa shape index (κ3) is 4.54. The zero-order valence-corrected chi connectivity index (χ0v) is 15.4. The lowest BCUT2D eigenvalue weighted by molar-refractivity contribution is 0.0919. The predicted molar refractivity (Wildman–Crippen MR) is 103 cm³/mol. The van der Waals surface area contributed by atoms with Crippen LogP contribution in [-0.2, 0) is 6.54 Å². The van der Waals surface area contributed by atoms with Gasteiger partial charge in [-0.05, 0) is 44.4 Å². The van der Waals surface area contributed by atoms with Crippen molar-refractivity contribution in [3.63, 3.8) is 0 Å². The second-order valence-corrected chi connectivity index (χ2v) is 6.43. The van der Waals surface area contributed by atoms with E-state index in [1.807, 2.05) is 43.3 Å². The Morgan fingerprint density at radius 2 is 1.89 bits per heavy atom. The smallest absolute Gasteiger partial charge is 0.287 e. The Kier molecular flexibility index (Phi) is 5.88. The molecule has 0 unspecified atom stereocenters. The number of furan rings is 1. The maximum Gasteiger partial charge on any atom is 0.287 e. The van der Waals surface area contributed by atoms with Crippen LogP contribution in [0.15, 0.2) is 52.9 Å². The summed E-state index contributed by atoms with van der Waals surface area (Å²) >= 11 is 0. The largest absolute Gasteiger partial charge is 0.492 e. The Labute approximate surface area is 157 Å². The summed E-state index contributed by atoms with van der Waals surface area (Å²) in [5.41, 5.74) is 2.17. The van der Waals surface area contributed by atoms with Crippen LogP contribution in [0.1, 0.15) is 26.5 Å². The van der Waals surface area contributed by atoms with Gasteiger partial charge in [0, 0.05) is 23.1 Å². The standard InChI is InChI=1S/C21H22N2O4/c1-23(2)13-18-17-5-3-4-6-19(17)27-20(18)21(25)22-11-12-26-16-9-7-15(14-24)8-10-16/h3-10,14H,11-13H2,1-2H3,(H,22,25). The van der Waals surface area contributed by atoms with Crippen molar-refractivity contribution in [3.8, 4) is 5.75 Å². The zero-order chi connectivity index (χ0) is 19.2. The van der Waals surface area contributed by atoms with Crippen LogP contribution in [0.2, 0.25) is 0 Å². The summed E-state index contributed by atoms with van der Waals surface area (Å²) in [5, 5.41) is 3.78. The van der Waals surface area contributed by atoms with Gasteiger partial charge in [-0.3, -0.25) is 9.59 Å². The van der Waals surface area contributed by atoms with Gasteiger partial charge >= 0.3 is 0 Å². The van der Waals surface area contributed by atoms with Crippen molar-refractivity contribution in [2.24, 2.45) is 0 Å². The molecule has 6 heteroatoms. The summed E-state index contributed by atoms with van der Waals surface area (Å²) in [5.74, 6) is 0.718. The van der Waals surface area contributed by atoms with E-state index in [1.165, 1.54) is 0 Å². The zero-order valence-electron chi connectivity index (χ0n) is 15.4. The average Bonchev–Trinajstić information content (AvgIpc) is 3.03. The number of hydrogen-bond acceptors (Lipinski definition) is 5. The summed E-state index contributed by atoms with van der Waals surface area (Å²) in [6.45, 7) is 1.27. The molecular weight excluding hydrogens is 344 g/mol. The lowest BCUT2D eigenvalue weighted by Gasteiger charge is -2.11. The Hall–Kier alpha value is -3.12. The normalized spacial score (nSPS) is 10.9. The van der Waals surface area contributed by atoms with Gasteiger partial charge in [-0.1, -0.05) is 18.2 Å². The van der Waals surface area contributed by atoms with Crippen molar-refractivity contribution in [2.45, 2.75) is 6.54 Å². The first kappa shape index (κ1) is 18.7. The number of benzene rings is 2. The first-order chi connectivity index (χ1) is 13.1. The van der Waals surface area contributed by atoms with Gasteiger partial charge in [0.15, 0.2) is 5.76 Å². The Bertz CT molecular complexity index is 929. The molecule has 3 aromatic rings. The fourth-order valence-corrected chi connectivity index (χ4v) is 2.81. The van der Waals surface area contributed by atoms with E-state index in [4.69, 9.17) is 9.15 Å². The van der Waals surface area contributed by atoms with E-state index in [1.54, 1.807) is 24.3 Å². The molecule has 0 saturated heterocycles. The fraction of sp³-hybridized carbons (Fsp3) is 0.238. The van der Waals surface area contributed by atoms with Gasteiger partial charge < -0.3 is 19.4 Å². The minimum Gasteiger partial charge on any atom is -0.492 e. The summed E-state index contributed by atoms with van der Waals surface area (Å²) < 4.78 is 11.4. The molecule has 1 aromatic heterocycles. The third-order valence-corrected chi connectivity index (χ3v) is 4.05. The molecular formula is C21H22N2O4. The number of carbonyl (C=O) groups excluding carboxylic acids is 2. The first-order valence-electron chi connectivity index (χ1n) is 8.70. The molecule has 3 rings (SSSR count). The maximum atomic E-state index is 12.6. The molecule has 0 aliphatic heterocycles. The topological polar surface area (TPSA) is 71.8 Å². The molecule has 6 nitrogen and oxygen atoms in total. The van der Waals surface area contributed by atoms with Gasteiger partial charge in [-0.25, -0.2) is 0 Å². The average molecular weight is 366 g/mol. The molecule has 0 spiro atoms. The number of nitrogens with one attached hydrogen (secondary N) is 1. The lowest BCUT2D eigenvalue weighted by Crippen LogP contribution is -2.29. The van der Waals surface area contributed by atoms with Gasteiger partial charge in [0.1, 0.15) is 24.2 Å². The Morgan fingerprint density at radius 3 is 2.59 bits per heavy atom. The van der Waals surface area contributed by atoms with Crippen LogP contribution in [0, 0.1) is 0 Å². The third-order valence-electron chi connectivity index (χ3n) is 4.05. The highest BCUT2D eigenvalue weighted by atomic mass is 16.5. The van der Waals surface area contributed by atoms with Crippen LogP contribution >= 0.6 is 0 Å². The molecule has 1 N–H and O–H groups in total. The predicted octanol–water partition coefficient (Wildman–Crippen LogP) is 3.12. The van der Waals surface area contributed by atoms with Gasteiger partial charge in [0.2, 0.25) is 0 Å². The minimum atomic E-state index is -0.261. The van der Waals surface area contributed by atoms with Gasteiger partial charge in [0.25, 0.3) is 5.91 Å². The summed E-state index contributed by atoms with van der Waals surface area (Å²) in [6.07, 6.45) is 0.780. The minimum absolute atomic E-state index is 0.261. The van der Waals surface area contributed by atoms with Gasteiger partial charge in [0.05, 0.1) is 6.54 Å². The second-order valence-electron chi connectivity index (χ2n) is 6.43. The van der Waals surface area contributed by atoms with E-state index >= 15 is 0 Å². The number of nitrogens with zero attached hydrogens (tertiary/aromatic N) is 1. The molecule has 140 valence electrons. The van der Waals surface area contributed by atoms with E-state index in [0.717, 1.165) is 17.2 Å². The summed E-state index contributed by atoms with van der Waals surface area (Å²) in [6, 6.07) is 14.4. The molecule has 0 atom stereocenters. The number of carbonyl (C=O) groups is 2. The van der Waals surface area contributed by atoms with Crippen molar-refractivity contribution in [1.82, 2.24) is 10.2 Å². The molecule has 1 amide bonds. The van der Waals surface area contributed by atoms with Crippen LogP contribution in [0.4, 0.5) is 0 Å². The highest BCUT2D eigenvalue weighted by Crippen LogP contribution is 2.26. The molecule has 0 radical (unpaired) electrons. The maximum absolute atomic E-state index is 12.6. The molecule has 1 heterocycles. The highest BCUT2D eigenvalue weighted by Gasteiger charge is 2.20. The number of fused-ring (bicyclic) bond motifs is 1. The van der Waals surface area contributed by atoms with Crippen LogP contribution < -0.4 is 10.1 Å². The number of hydrogen-bond donors (Lipinski definition) is 1. The van der Waals surface area contributed by atoms with Crippen LogP contribution in [0.3, 0.4) is 0 Å². The van der Waals surface area contributed by atoms with Gasteiger partial charge in [-0.15, -0.1) is 0 Å². The number of rotatable bonds is 8. The monoisotopic (exact) mass is 366 g/mol. The lowest BCUT2D eigenvalue weighted by atomic mass is 10.1. The van der Waals surface area contributed by atoms with E-state index < -0.39 is 0 Å². The van der Waals surface area contributed by atoms with Crippen LogP contribution in [0.25, 0.3) is 11.0 Å². The van der Waals surface area contributed by atoms with Crippen LogP contribution in [0.5, 0.6) is 5.75 Å². The van der Waals surface area contributed by atoms with Crippen molar-refractivity contribution < 1.29 is 18.7 Å². The number of ether oxygens (including phenoxy) is 1. The summed E-state index contributed by atoms with van der Waals surface area (Å²) in [4.78, 5) is 25.2. The molecule has 2 aromatic carbocycles. The molecule has 0 aliphatic rings. The Morgan fingerprint density at radius 1 is 1.15 bits per heavy atom. The molecule has 0 aliphatic carbocycles. The number of para-hydroxylation sites is 1. The van der Waals surface area contributed by atoms with Crippen LogP contribution in [-0.4, -0.2) is 44.3 Å². The molecule has 0 fully saturated rings. The SMILES string of the molecule is CN(C)Cc1c(C(=O)NCCOc2ccc(C=O)cc2)oc2ccccc12. The number of aldehydes is 1. The van der Waals surface area contributed by atoms with Crippen molar-refractivity contribution in [1.29, 1.82) is 0 Å². The Balaban J connectivity index is 1.62. The number of amides is 1. The van der Waals surface area contributed by atoms with E-state index in [-0.39, 0.29) is 5.91 Å². The van der Waals surface area contributed by atoms with Crippen molar-refractivity contribution >= 4 is 23.2 Å². The van der Waals surface area contributed by atoms with Crippen molar-refractivity contribution in [3.05, 3.63) is 65.4 Å². The van der Waals surface area contributed by atoms with E-state index in [0.29, 0.717) is 42.4 Å².